The van der Waals surface area contributed by atoms with E-state index < -0.39 is 53.0 Å². The highest BCUT2D eigenvalue weighted by Crippen LogP contribution is 2.39. The summed E-state index contributed by atoms with van der Waals surface area (Å²) in [5.41, 5.74) is -0.0983. The van der Waals surface area contributed by atoms with E-state index in [1.165, 1.54) is 0 Å². The van der Waals surface area contributed by atoms with E-state index in [2.05, 4.69) is 10.3 Å². The number of carbonyl (C=O) groups excluding carboxylic acids is 2. The Labute approximate surface area is 196 Å². The molecule has 1 aromatic carbocycles. The third kappa shape index (κ3) is 5.38. The summed E-state index contributed by atoms with van der Waals surface area (Å²) in [5.74, 6) is -5.84. The Morgan fingerprint density at radius 2 is 1.79 bits per heavy atom. The second-order valence-electron chi connectivity index (χ2n) is 8.65. The smallest absolute Gasteiger partial charge is 0.322 e. The number of aryl methyl sites for hydroxylation is 2. The number of aromatic hydroxyl groups is 2. The fraction of sp³-hybridized carbons (Fsp3) is 0.417. The van der Waals surface area contributed by atoms with Crippen LogP contribution in [0.4, 0.5) is 0 Å². The van der Waals surface area contributed by atoms with Crippen molar-refractivity contribution in [3.63, 3.8) is 0 Å². The van der Waals surface area contributed by atoms with Crippen molar-refractivity contribution in [1.29, 1.82) is 0 Å². The summed E-state index contributed by atoms with van der Waals surface area (Å²) in [6.07, 6.45) is 4.64. The molecule has 0 radical (unpaired) electrons. The lowest BCUT2D eigenvalue weighted by atomic mass is 9.85. The van der Waals surface area contributed by atoms with Gasteiger partial charge in [0.2, 0.25) is 5.91 Å². The molecule has 1 atom stereocenters. The summed E-state index contributed by atoms with van der Waals surface area (Å²) < 4.78 is 0. The number of aliphatic carboxylic acids is 1. The van der Waals surface area contributed by atoms with Gasteiger partial charge in [-0.25, -0.2) is 0 Å². The Morgan fingerprint density at radius 3 is 2.41 bits per heavy atom. The van der Waals surface area contributed by atoms with Crippen LogP contribution in [0, 0.1) is 13.8 Å². The number of benzene rings is 1. The molecule has 3 rings (SSSR count). The van der Waals surface area contributed by atoms with E-state index in [-0.39, 0.29) is 11.6 Å². The average molecular weight is 472 g/mol. The summed E-state index contributed by atoms with van der Waals surface area (Å²) in [6, 6.07) is 5.25. The first kappa shape index (κ1) is 24.8. The maximum absolute atomic E-state index is 13.5. The van der Waals surface area contributed by atoms with Gasteiger partial charge in [-0.05, 0) is 37.8 Å². The number of carbonyl (C=O) groups is 3. The molecule has 2 amide bonds. The van der Waals surface area contributed by atoms with Gasteiger partial charge in [-0.1, -0.05) is 43.0 Å². The van der Waals surface area contributed by atoms with Gasteiger partial charge in [0.25, 0.3) is 11.5 Å². The number of aromatic amines is 1. The number of carboxylic acids is 1. The van der Waals surface area contributed by atoms with Crippen LogP contribution in [0.2, 0.25) is 0 Å². The molecule has 1 aliphatic carbocycles. The van der Waals surface area contributed by atoms with Crippen molar-refractivity contribution in [3.05, 3.63) is 56.4 Å². The zero-order chi connectivity index (χ0) is 25.0. The monoisotopic (exact) mass is 471 g/mol. The molecule has 1 aromatic heterocycles. The molecule has 10 heteroatoms. The van der Waals surface area contributed by atoms with E-state index in [4.69, 9.17) is 5.11 Å². The summed E-state index contributed by atoms with van der Waals surface area (Å²) in [5, 5.41) is 35.4. The lowest BCUT2D eigenvalue weighted by Gasteiger charge is -2.27. The van der Waals surface area contributed by atoms with Crippen molar-refractivity contribution in [2.24, 2.45) is 0 Å². The first-order chi connectivity index (χ1) is 16.1. The Kier molecular flexibility index (Phi) is 7.60. The van der Waals surface area contributed by atoms with Gasteiger partial charge in [-0.3, -0.25) is 24.2 Å². The number of nitrogens with one attached hydrogen (secondary N) is 3. The topological polar surface area (TPSA) is 169 Å². The van der Waals surface area contributed by atoms with Gasteiger partial charge in [0.05, 0.1) is 11.5 Å². The fourth-order valence-electron chi connectivity index (χ4n) is 4.43. The number of pyridine rings is 1. The Hall–Kier alpha value is -3.82. The van der Waals surface area contributed by atoms with Gasteiger partial charge in [0, 0.05) is 6.04 Å². The van der Waals surface area contributed by atoms with Gasteiger partial charge in [-0.2, -0.15) is 0 Å². The highest BCUT2D eigenvalue weighted by Gasteiger charge is 2.35. The highest BCUT2D eigenvalue weighted by molar-refractivity contribution is 5.99. The molecular weight excluding hydrogens is 442 g/mol. The summed E-state index contributed by atoms with van der Waals surface area (Å²) >= 11 is 0. The quantitative estimate of drug-likeness (QED) is 0.358. The molecule has 0 bridgehead atoms. The van der Waals surface area contributed by atoms with Crippen LogP contribution in [0.15, 0.2) is 23.0 Å². The molecule has 6 N–H and O–H groups in total. The molecule has 34 heavy (non-hydrogen) atoms. The Morgan fingerprint density at radius 1 is 1.12 bits per heavy atom. The second kappa shape index (κ2) is 10.4. The summed E-state index contributed by atoms with van der Waals surface area (Å²) in [4.78, 5) is 51.3. The largest absolute Gasteiger partial charge is 0.506 e. The van der Waals surface area contributed by atoms with E-state index in [9.17, 15) is 29.4 Å². The molecule has 2 aromatic rings. The molecular formula is C24H29N3O7. The van der Waals surface area contributed by atoms with Crippen molar-refractivity contribution in [2.75, 3.05) is 6.54 Å². The van der Waals surface area contributed by atoms with E-state index in [1.54, 1.807) is 19.1 Å². The van der Waals surface area contributed by atoms with Gasteiger partial charge in [0.15, 0.2) is 5.88 Å². The van der Waals surface area contributed by atoms with Crippen LogP contribution in [-0.4, -0.2) is 50.7 Å². The SMILES string of the molecule is Cc1ccc(C(C(=O)NC2CCCCC2)c2c(O)[nH]c(=O)c(C(=O)NCC(=O)O)c2O)c(C)c1. The molecule has 1 saturated carbocycles. The maximum atomic E-state index is 13.5. The molecule has 10 nitrogen and oxygen atoms in total. The molecule has 1 heterocycles. The number of amides is 2. The third-order valence-electron chi connectivity index (χ3n) is 6.07. The minimum atomic E-state index is -1.34. The van der Waals surface area contributed by atoms with E-state index >= 15 is 0 Å². The van der Waals surface area contributed by atoms with E-state index in [0.29, 0.717) is 11.1 Å². The number of rotatable bonds is 7. The summed E-state index contributed by atoms with van der Waals surface area (Å²) in [6.45, 7) is 2.88. The molecule has 1 unspecified atom stereocenters. The predicted molar refractivity (Wildman–Crippen MR) is 123 cm³/mol. The molecule has 0 saturated heterocycles. The van der Waals surface area contributed by atoms with Crippen molar-refractivity contribution in [1.82, 2.24) is 15.6 Å². The van der Waals surface area contributed by atoms with Crippen LogP contribution in [-0.2, 0) is 9.59 Å². The van der Waals surface area contributed by atoms with Crippen molar-refractivity contribution < 1.29 is 29.7 Å². The maximum Gasteiger partial charge on any atom is 0.322 e. The number of H-pyrrole nitrogens is 1. The fourth-order valence-corrected chi connectivity index (χ4v) is 4.43. The number of hydrogen-bond donors (Lipinski definition) is 6. The molecule has 0 aliphatic heterocycles. The zero-order valence-electron chi connectivity index (χ0n) is 19.1. The van der Waals surface area contributed by atoms with Crippen LogP contribution < -0.4 is 16.2 Å². The number of aromatic nitrogens is 1. The zero-order valence-corrected chi connectivity index (χ0v) is 19.1. The molecule has 1 aliphatic rings. The van der Waals surface area contributed by atoms with Gasteiger partial charge in [0.1, 0.15) is 17.9 Å². The number of hydrogen-bond acceptors (Lipinski definition) is 6. The van der Waals surface area contributed by atoms with Crippen LogP contribution in [0.5, 0.6) is 11.6 Å². The lowest BCUT2D eigenvalue weighted by Crippen LogP contribution is -2.40. The van der Waals surface area contributed by atoms with Crippen LogP contribution in [0.3, 0.4) is 0 Å². The van der Waals surface area contributed by atoms with Gasteiger partial charge >= 0.3 is 5.97 Å². The normalized spacial score (nSPS) is 14.9. The van der Waals surface area contributed by atoms with Crippen LogP contribution >= 0.6 is 0 Å². The van der Waals surface area contributed by atoms with Crippen LogP contribution in [0.25, 0.3) is 0 Å². The second-order valence-corrected chi connectivity index (χ2v) is 8.65. The summed E-state index contributed by atoms with van der Waals surface area (Å²) in [7, 11) is 0. The Balaban J connectivity index is 2.13. The molecule has 182 valence electrons. The minimum Gasteiger partial charge on any atom is -0.506 e. The molecule has 1 fully saturated rings. The average Bonchev–Trinajstić information content (AvgIpc) is 2.76. The van der Waals surface area contributed by atoms with Gasteiger partial charge < -0.3 is 26.0 Å². The van der Waals surface area contributed by atoms with Crippen molar-refractivity contribution in [3.8, 4) is 11.6 Å². The standard InChI is InChI=1S/C24H29N3O7/c1-12-8-9-15(13(2)10-12)17(22(32)26-14-6-4-3-5-7-14)18-20(30)19(24(34)27-23(18)33)21(31)25-11-16(28)29/h8-10,14,17H,3-7,11H2,1-2H3,(H,25,31)(H,26,32)(H,28,29)(H3,27,30,33,34). The highest BCUT2D eigenvalue weighted by atomic mass is 16.4. The van der Waals surface area contributed by atoms with Crippen molar-refractivity contribution >= 4 is 17.8 Å². The van der Waals surface area contributed by atoms with E-state index in [1.807, 2.05) is 18.3 Å². The van der Waals surface area contributed by atoms with E-state index in [0.717, 1.165) is 37.7 Å². The molecule has 0 spiro atoms. The van der Waals surface area contributed by atoms with Crippen molar-refractivity contribution in [2.45, 2.75) is 57.9 Å². The van der Waals surface area contributed by atoms with Gasteiger partial charge in [-0.15, -0.1) is 0 Å². The first-order valence-corrected chi connectivity index (χ1v) is 11.2. The predicted octanol–water partition coefficient (Wildman–Crippen LogP) is 1.80. The third-order valence-corrected chi connectivity index (χ3v) is 6.07. The van der Waals surface area contributed by atoms with Crippen LogP contribution in [0.1, 0.15) is 70.6 Å². The Bertz CT molecular complexity index is 1170. The minimum absolute atomic E-state index is 0.0695. The first-order valence-electron chi connectivity index (χ1n) is 11.2. The number of carboxylic acid groups (broad SMARTS) is 1. The lowest BCUT2D eigenvalue weighted by molar-refractivity contribution is -0.135.